The molecule has 50 heavy (non-hydrogen) atoms. The second-order valence-corrected chi connectivity index (χ2v) is 12.8. The molecule has 2 aliphatic carbocycles. The minimum atomic E-state index is -0.435. The molecule has 0 spiro atoms. The maximum atomic E-state index is 11.8. The molecular formula is C44H46O6. The molecule has 6 rings (SSSR count). The SMILES string of the molecule is C=CC(=O)OCCCOc1c(-c2ccccc2)cc2c(c1-c1c3c(cc(-c4ccccc4)c1OCCCOC(=O)C=C)CCCC3)CCCC2. The van der Waals surface area contributed by atoms with Crippen molar-refractivity contribution in [3.05, 3.63) is 120 Å². The van der Waals surface area contributed by atoms with Gasteiger partial charge in [0.25, 0.3) is 0 Å². The number of benzene rings is 4. The summed E-state index contributed by atoms with van der Waals surface area (Å²) in [6, 6.07) is 25.6. The first kappa shape index (κ1) is 34.8. The Bertz CT molecular complexity index is 1690. The summed E-state index contributed by atoms with van der Waals surface area (Å²) >= 11 is 0. The molecule has 0 amide bonds. The van der Waals surface area contributed by atoms with Gasteiger partial charge in [-0.2, -0.15) is 0 Å². The Labute approximate surface area is 295 Å². The summed E-state index contributed by atoms with van der Waals surface area (Å²) < 4.78 is 24.4. The zero-order chi connectivity index (χ0) is 34.7. The van der Waals surface area contributed by atoms with Gasteiger partial charge < -0.3 is 18.9 Å². The maximum Gasteiger partial charge on any atom is 0.330 e. The van der Waals surface area contributed by atoms with Crippen LogP contribution in [0, 0.1) is 0 Å². The molecule has 0 aliphatic heterocycles. The largest absolute Gasteiger partial charge is 0.492 e. The second kappa shape index (κ2) is 17.0. The van der Waals surface area contributed by atoms with Crippen LogP contribution in [0.3, 0.4) is 0 Å². The number of carbonyl (C=O) groups excluding carboxylic acids is 2. The molecule has 0 fully saturated rings. The minimum Gasteiger partial charge on any atom is -0.492 e. The summed E-state index contributed by atoms with van der Waals surface area (Å²) in [6.07, 6.45) is 11.9. The lowest BCUT2D eigenvalue weighted by Crippen LogP contribution is -2.15. The van der Waals surface area contributed by atoms with Gasteiger partial charge in [0.05, 0.1) is 26.4 Å². The van der Waals surface area contributed by atoms with E-state index in [1.54, 1.807) is 0 Å². The van der Waals surface area contributed by atoms with Crippen LogP contribution in [-0.4, -0.2) is 38.4 Å². The molecule has 0 saturated heterocycles. The molecule has 2 aliphatic rings. The van der Waals surface area contributed by atoms with Crippen molar-refractivity contribution >= 4 is 11.9 Å². The van der Waals surface area contributed by atoms with E-state index in [0.29, 0.717) is 26.1 Å². The Balaban J connectivity index is 1.56. The van der Waals surface area contributed by atoms with Gasteiger partial charge in [-0.05, 0) is 96.9 Å². The normalized spacial score (nSPS) is 13.4. The minimum absolute atomic E-state index is 0.246. The van der Waals surface area contributed by atoms with Crippen molar-refractivity contribution in [3.63, 3.8) is 0 Å². The monoisotopic (exact) mass is 670 g/mol. The molecule has 4 aromatic rings. The van der Waals surface area contributed by atoms with Crippen molar-refractivity contribution in [3.8, 4) is 44.9 Å². The molecule has 0 atom stereocenters. The lowest BCUT2D eigenvalue weighted by atomic mass is 9.77. The zero-order valence-electron chi connectivity index (χ0n) is 28.8. The van der Waals surface area contributed by atoms with Crippen molar-refractivity contribution in [2.24, 2.45) is 0 Å². The molecule has 0 bridgehead atoms. The quantitative estimate of drug-likeness (QED) is 0.0713. The van der Waals surface area contributed by atoms with Crippen LogP contribution >= 0.6 is 0 Å². The number of hydrogen-bond acceptors (Lipinski definition) is 6. The summed E-state index contributed by atoms with van der Waals surface area (Å²) in [5.74, 6) is 0.814. The lowest BCUT2D eigenvalue weighted by molar-refractivity contribution is -0.138. The van der Waals surface area contributed by atoms with E-state index in [-0.39, 0.29) is 13.2 Å². The van der Waals surface area contributed by atoms with Gasteiger partial charge in [-0.1, -0.05) is 73.8 Å². The van der Waals surface area contributed by atoms with Crippen LogP contribution in [-0.2, 0) is 44.7 Å². The van der Waals surface area contributed by atoms with Crippen LogP contribution in [0.15, 0.2) is 98.1 Å². The number of hydrogen-bond donors (Lipinski definition) is 0. The molecule has 4 aromatic carbocycles. The van der Waals surface area contributed by atoms with Gasteiger partial charge in [0.2, 0.25) is 0 Å². The predicted octanol–water partition coefficient (Wildman–Crippen LogP) is 9.44. The van der Waals surface area contributed by atoms with Crippen molar-refractivity contribution in [2.45, 2.75) is 64.2 Å². The van der Waals surface area contributed by atoms with E-state index in [9.17, 15) is 9.59 Å². The molecule has 0 heterocycles. The molecular weight excluding hydrogens is 624 g/mol. The fourth-order valence-electron chi connectivity index (χ4n) is 7.19. The average Bonchev–Trinajstić information content (AvgIpc) is 3.17. The predicted molar refractivity (Wildman–Crippen MR) is 199 cm³/mol. The summed E-state index contributed by atoms with van der Waals surface area (Å²) in [7, 11) is 0. The molecule has 0 N–H and O–H groups in total. The molecule has 0 radical (unpaired) electrons. The number of rotatable bonds is 15. The van der Waals surface area contributed by atoms with Crippen molar-refractivity contribution < 1.29 is 28.5 Å². The first-order valence-electron chi connectivity index (χ1n) is 17.9. The van der Waals surface area contributed by atoms with Crippen molar-refractivity contribution in [2.75, 3.05) is 26.4 Å². The number of ether oxygens (including phenoxy) is 4. The third-order valence-corrected chi connectivity index (χ3v) is 9.52. The van der Waals surface area contributed by atoms with Crippen LogP contribution in [0.5, 0.6) is 11.5 Å². The topological polar surface area (TPSA) is 71.1 Å². The van der Waals surface area contributed by atoms with E-state index in [4.69, 9.17) is 18.9 Å². The van der Waals surface area contributed by atoms with E-state index in [1.807, 2.05) is 12.1 Å². The summed E-state index contributed by atoms with van der Waals surface area (Å²) in [5.41, 5.74) is 11.9. The average molecular weight is 671 g/mol. The second-order valence-electron chi connectivity index (χ2n) is 12.8. The van der Waals surface area contributed by atoms with E-state index in [2.05, 4.69) is 73.8 Å². The van der Waals surface area contributed by atoms with Gasteiger partial charge in [-0.15, -0.1) is 0 Å². The first-order valence-corrected chi connectivity index (χ1v) is 17.9. The molecule has 0 unspecified atom stereocenters. The fourth-order valence-corrected chi connectivity index (χ4v) is 7.19. The Morgan fingerprint density at radius 2 is 0.960 bits per heavy atom. The highest BCUT2D eigenvalue weighted by Gasteiger charge is 2.31. The van der Waals surface area contributed by atoms with Gasteiger partial charge in [-0.25, -0.2) is 9.59 Å². The molecule has 6 heteroatoms. The van der Waals surface area contributed by atoms with Crippen LogP contribution in [0.25, 0.3) is 33.4 Å². The number of aryl methyl sites for hydroxylation is 2. The van der Waals surface area contributed by atoms with E-state index < -0.39 is 11.9 Å². The van der Waals surface area contributed by atoms with Crippen LogP contribution in [0.4, 0.5) is 0 Å². The maximum absolute atomic E-state index is 11.8. The highest BCUT2D eigenvalue weighted by Crippen LogP contribution is 2.53. The standard InChI is InChI=1S/C44H46O6/c1-3-39(45)47-25-15-27-49-43-37(31-17-7-5-8-18-31)29-33-21-11-13-23-35(33)41(43)42-36-24-14-12-22-34(36)30-38(32-19-9-6-10-20-32)44(42)50-28-16-26-48-40(46)4-2/h3-10,17-20,29-30H,1-2,11-16,21-28H2. The Hall–Kier alpha value is -5.10. The van der Waals surface area contributed by atoms with Crippen molar-refractivity contribution in [1.82, 2.24) is 0 Å². The Morgan fingerprint density at radius 1 is 0.560 bits per heavy atom. The Morgan fingerprint density at radius 3 is 1.36 bits per heavy atom. The van der Waals surface area contributed by atoms with E-state index in [0.717, 1.165) is 96.2 Å². The highest BCUT2D eigenvalue weighted by molar-refractivity contribution is 5.94. The third kappa shape index (κ3) is 8.02. The highest BCUT2D eigenvalue weighted by atomic mass is 16.5. The molecule has 0 saturated carbocycles. The van der Waals surface area contributed by atoms with Gasteiger partial charge in [-0.3, -0.25) is 0 Å². The lowest BCUT2D eigenvalue weighted by Gasteiger charge is -2.31. The number of esters is 2. The van der Waals surface area contributed by atoms with Crippen LogP contribution in [0.2, 0.25) is 0 Å². The summed E-state index contributed by atoms with van der Waals surface area (Å²) in [5, 5.41) is 0. The van der Waals surface area contributed by atoms with Crippen molar-refractivity contribution in [1.29, 1.82) is 0 Å². The van der Waals surface area contributed by atoms with Gasteiger partial charge in [0.1, 0.15) is 11.5 Å². The molecule has 0 aromatic heterocycles. The third-order valence-electron chi connectivity index (χ3n) is 9.52. The summed E-state index contributed by atoms with van der Waals surface area (Å²) in [6.45, 7) is 8.26. The molecule has 258 valence electrons. The molecule has 6 nitrogen and oxygen atoms in total. The van der Waals surface area contributed by atoms with Crippen LogP contribution < -0.4 is 9.47 Å². The number of fused-ring (bicyclic) bond motifs is 2. The Kier molecular flexibility index (Phi) is 11.8. The van der Waals surface area contributed by atoms with E-state index in [1.165, 1.54) is 34.4 Å². The first-order chi connectivity index (χ1) is 24.6. The van der Waals surface area contributed by atoms with Gasteiger partial charge in [0.15, 0.2) is 0 Å². The smallest absolute Gasteiger partial charge is 0.330 e. The fraction of sp³-hybridized carbons (Fsp3) is 0.318. The van der Waals surface area contributed by atoms with E-state index >= 15 is 0 Å². The van der Waals surface area contributed by atoms with Crippen LogP contribution in [0.1, 0.15) is 60.8 Å². The zero-order valence-corrected chi connectivity index (χ0v) is 28.8. The van der Waals surface area contributed by atoms with Gasteiger partial charge >= 0.3 is 11.9 Å². The van der Waals surface area contributed by atoms with Gasteiger partial charge in [0, 0.05) is 47.2 Å². The number of carbonyl (C=O) groups is 2. The summed E-state index contributed by atoms with van der Waals surface area (Å²) in [4.78, 5) is 23.5.